The van der Waals surface area contributed by atoms with E-state index in [4.69, 9.17) is 0 Å². The highest BCUT2D eigenvalue weighted by molar-refractivity contribution is 8.00. The molecule has 3 rings (SSSR count). The molecule has 0 aromatic heterocycles. The van der Waals surface area contributed by atoms with Gasteiger partial charge in [0, 0.05) is 37.4 Å². The summed E-state index contributed by atoms with van der Waals surface area (Å²) in [5.74, 6) is 1.41. The molecule has 2 saturated heterocycles. The molecule has 0 saturated carbocycles. The Hall–Kier alpha value is -1.49. The van der Waals surface area contributed by atoms with E-state index in [9.17, 15) is 9.59 Å². The van der Waals surface area contributed by atoms with Crippen LogP contribution in [-0.2, 0) is 4.79 Å². The fourth-order valence-electron chi connectivity index (χ4n) is 3.86. The molecule has 5 heteroatoms. The van der Waals surface area contributed by atoms with Gasteiger partial charge in [0.15, 0.2) is 0 Å². The maximum Gasteiger partial charge on any atom is 0.255 e. The summed E-state index contributed by atoms with van der Waals surface area (Å²) in [6.45, 7) is 6.46. The molecule has 0 bridgehead atoms. The Labute approximate surface area is 154 Å². The summed E-state index contributed by atoms with van der Waals surface area (Å²) in [5.41, 5.74) is 1.84. The number of hydrogen-bond donors (Lipinski definition) is 0. The lowest BCUT2D eigenvalue weighted by Gasteiger charge is -2.44. The molecule has 0 unspecified atom stereocenters. The topological polar surface area (TPSA) is 40.6 Å². The summed E-state index contributed by atoms with van der Waals surface area (Å²) in [6, 6.07) is 7.84. The molecule has 25 heavy (non-hydrogen) atoms. The van der Waals surface area contributed by atoms with Gasteiger partial charge in [-0.25, -0.2) is 0 Å². The second kappa shape index (κ2) is 7.81. The minimum Gasteiger partial charge on any atom is -0.342 e. The highest BCUT2D eigenvalue weighted by Crippen LogP contribution is 2.44. The zero-order valence-electron chi connectivity index (χ0n) is 15.3. The second-order valence-electron chi connectivity index (χ2n) is 7.05. The largest absolute Gasteiger partial charge is 0.342 e. The molecule has 2 fully saturated rings. The zero-order chi connectivity index (χ0) is 17.9. The molecule has 2 aliphatic heterocycles. The van der Waals surface area contributed by atoms with Gasteiger partial charge in [0.2, 0.25) is 5.91 Å². The Bertz CT molecular complexity index is 638. The van der Waals surface area contributed by atoms with E-state index in [1.54, 1.807) is 0 Å². The Morgan fingerprint density at radius 1 is 1.16 bits per heavy atom. The van der Waals surface area contributed by atoms with Crippen molar-refractivity contribution >= 4 is 23.6 Å². The van der Waals surface area contributed by atoms with Crippen LogP contribution in [0.15, 0.2) is 24.3 Å². The molecule has 1 aromatic carbocycles. The van der Waals surface area contributed by atoms with E-state index >= 15 is 0 Å². The van der Waals surface area contributed by atoms with Crippen molar-refractivity contribution in [1.82, 2.24) is 9.80 Å². The molecule has 0 radical (unpaired) electrons. The maximum absolute atomic E-state index is 13.1. The molecule has 2 amide bonds. The lowest BCUT2D eigenvalue weighted by Crippen LogP contribution is -2.53. The van der Waals surface area contributed by atoms with Crippen LogP contribution in [0.2, 0.25) is 0 Å². The molecule has 0 N–H and O–H groups in total. The lowest BCUT2D eigenvalue weighted by atomic mass is 9.99. The third-order valence-corrected chi connectivity index (χ3v) is 6.99. The zero-order valence-corrected chi connectivity index (χ0v) is 16.1. The van der Waals surface area contributed by atoms with E-state index in [0.717, 1.165) is 62.2 Å². The number of piperidine rings is 1. The maximum atomic E-state index is 13.1. The third kappa shape index (κ3) is 3.71. The van der Waals surface area contributed by atoms with E-state index in [1.807, 2.05) is 47.9 Å². The van der Waals surface area contributed by atoms with Crippen LogP contribution in [0.5, 0.6) is 0 Å². The summed E-state index contributed by atoms with van der Waals surface area (Å²) in [5, 5.41) is 0. The standard InChI is InChI=1S/C20H28N2O2S/c1-3-4-9-18(23)21-12-10-20(11-13-21)22(14-15-25-20)19(24)17-8-6-5-7-16(17)2/h5-8H,3-4,9-15H2,1-2H3. The summed E-state index contributed by atoms with van der Waals surface area (Å²) >= 11 is 1.90. The molecule has 1 spiro atoms. The number of hydrogen-bond acceptors (Lipinski definition) is 3. The van der Waals surface area contributed by atoms with Crippen molar-refractivity contribution in [3.05, 3.63) is 35.4 Å². The van der Waals surface area contributed by atoms with Gasteiger partial charge >= 0.3 is 0 Å². The minimum absolute atomic E-state index is 0.124. The van der Waals surface area contributed by atoms with Crippen molar-refractivity contribution in [1.29, 1.82) is 0 Å². The number of likely N-dealkylation sites (tertiary alicyclic amines) is 1. The lowest BCUT2D eigenvalue weighted by molar-refractivity contribution is -0.132. The van der Waals surface area contributed by atoms with Crippen molar-refractivity contribution in [3.63, 3.8) is 0 Å². The van der Waals surface area contributed by atoms with Crippen molar-refractivity contribution < 1.29 is 9.59 Å². The number of thioether (sulfide) groups is 1. The first kappa shape index (κ1) is 18.3. The Kier molecular flexibility index (Phi) is 5.72. The number of amides is 2. The van der Waals surface area contributed by atoms with Crippen LogP contribution in [0.25, 0.3) is 0 Å². The number of benzene rings is 1. The summed E-state index contributed by atoms with van der Waals surface area (Å²) in [4.78, 5) is 29.4. The van der Waals surface area contributed by atoms with Gasteiger partial charge in [0.1, 0.15) is 0 Å². The third-order valence-electron chi connectivity index (χ3n) is 5.44. The average Bonchev–Trinajstić information content (AvgIpc) is 3.03. The van der Waals surface area contributed by atoms with E-state index in [-0.39, 0.29) is 16.7 Å². The van der Waals surface area contributed by atoms with Gasteiger partial charge in [0.25, 0.3) is 5.91 Å². The molecule has 2 aliphatic rings. The van der Waals surface area contributed by atoms with Crippen molar-refractivity contribution in [2.45, 2.75) is 50.8 Å². The average molecular weight is 361 g/mol. The number of nitrogens with zero attached hydrogens (tertiary/aromatic N) is 2. The highest BCUT2D eigenvalue weighted by Gasteiger charge is 2.47. The van der Waals surface area contributed by atoms with Gasteiger partial charge in [-0.2, -0.15) is 0 Å². The number of aryl methyl sites for hydroxylation is 1. The molecule has 136 valence electrons. The van der Waals surface area contributed by atoms with Gasteiger partial charge in [-0.15, -0.1) is 11.8 Å². The van der Waals surface area contributed by atoms with Crippen molar-refractivity contribution in [2.75, 3.05) is 25.4 Å². The summed E-state index contributed by atoms with van der Waals surface area (Å²) < 4.78 is 0. The minimum atomic E-state index is -0.124. The quantitative estimate of drug-likeness (QED) is 0.822. The highest BCUT2D eigenvalue weighted by atomic mass is 32.2. The van der Waals surface area contributed by atoms with Gasteiger partial charge in [-0.1, -0.05) is 31.5 Å². The van der Waals surface area contributed by atoms with E-state index in [0.29, 0.717) is 6.42 Å². The normalized spacial score (nSPS) is 19.4. The molecular weight excluding hydrogens is 332 g/mol. The van der Waals surface area contributed by atoms with Crippen LogP contribution >= 0.6 is 11.8 Å². The van der Waals surface area contributed by atoms with Crippen LogP contribution < -0.4 is 0 Å². The van der Waals surface area contributed by atoms with Gasteiger partial charge < -0.3 is 9.80 Å². The molecule has 0 atom stereocenters. The number of rotatable bonds is 4. The van der Waals surface area contributed by atoms with E-state index in [2.05, 4.69) is 11.8 Å². The van der Waals surface area contributed by atoms with Crippen molar-refractivity contribution in [3.8, 4) is 0 Å². The first-order valence-electron chi connectivity index (χ1n) is 9.37. The van der Waals surface area contributed by atoms with Gasteiger partial charge in [-0.3, -0.25) is 9.59 Å². The predicted octanol–water partition coefficient (Wildman–Crippen LogP) is 3.69. The molecular formula is C20H28N2O2S. The molecule has 2 heterocycles. The van der Waals surface area contributed by atoms with E-state index < -0.39 is 0 Å². The fraction of sp³-hybridized carbons (Fsp3) is 0.600. The van der Waals surface area contributed by atoms with E-state index in [1.165, 1.54) is 0 Å². The first-order chi connectivity index (χ1) is 12.1. The van der Waals surface area contributed by atoms with Crippen LogP contribution in [0, 0.1) is 6.92 Å². The van der Waals surface area contributed by atoms with Crippen molar-refractivity contribution in [2.24, 2.45) is 0 Å². The smallest absolute Gasteiger partial charge is 0.255 e. The number of carbonyl (C=O) groups excluding carboxylic acids is 2. The first-order valence-corrected chi connectivity index (χ1v) is 10.4. The number of carbonyl (C=O) groups is 2. The summed E-state index contributed by atoms with van der Waals surface area (Å²) in [7, 11) is 0. The Morgan fingerprint density at radius 2 is 1.88 bits per heavy atom. The van der Waals surface area contributed by atoms with Gasteiger partial charge in [0.05, 0.1) is 4.87 Å². The molecule has 0 aliphatic carbocycles. The van der Waals surface area contributed by atoms with Crippen LogP contribution in [0.1, 0.15) is 54.9 Å². The van der Waals surface area contributed by atoms with Crippen LogP contribution in [-0.4, -0.2) is 51.9 Å². The van der Waals surface area contributed by atoms with Crippen LogP contribution in [0.4, 0.5) is 0 Å². The summed E-state index contributed by atoms with van der Waals surface area (Å²) in [6.07, 6.45) is 4.44. The predicted molar refractivity (Wildman–Crippen MR) is 103 cm³/mol. The Balaban J connectivity index is 1.69. The number of unbranched alkanes of at least 4 members (excludes halogenated alkanes) is 1. The van der Waals surface area contributed by atoms with Crippen LogP contribution in [0.3, 0.4) is 0 Å². The monoisotopic (exact) mass is 360 g/mol. The van der Waals surface area contributed by atoms with Gasteiger partial charge in [-0.05, 0) is 37.8 Å². The molecule has 4 nitrogen and oxygen atoms in total. The fourth-order valence-corrected chi connectivity index (χ4v) is 5.31. The molecule has 1 aromatic rings. The second-order valence-corrected chi connectivity index (χ2v) is 8.51. The SMILES string of the molecule is CCCCC(=O)N1CCC2(CC1)SCCN2C(=O)c1ccccc1C. The Morgan fingerprint density at radius 3 is 2.56 bits per heavy atom.